The van der Waals surface area contributed by atoms with Crippen molar-refractivity contribution >= 4 is 0 Å². The van der Waals surface area contributed by atoms with Crippen LogP contribution in [0.4, 0.5) is 0 Å². The molecule has 0 aromatic heterocycles. The summed E-state index contributed by atoms with van der Waals surface area (Å²) in [6, 6.07) is 0.796. The molecule has 1 rings (SSSR count). The summed E-state index contributed by atoms with van der Waals surface area (Å²) in [5.74, 6) is 2.01. The van der Waals surface area contributed by atoms with E-state index in [1.807, 2.05) is 0 Å². The molecule has 1 N–H and O–H groups in total. The van der Waals surface area contributed by atoms with Crippen LogP contribution in [-0.4, -0.2) is 13.1 Å². The first kappa shape index (κ1) is 17.0. The van der Waals surface area contributed by atoms with Crippen molar-refractivity contribution in [3.05, 3.63) is 0 Å². The lowest BCUT2D eigenvalue weighted by Gasteiger charge is -2.34. The van der Waals surface area contributed by atoms with Gasteiger partial charge in [0.2, 0.25) is 0 Å². The van der Waals surface area contributed by atoms with Crippen molar-refractivity contribution in [3.63, 3.8) is 0 Å². The van der Waals surface area contributed by atoms with E-state index in [-0.39, 0.29) is 0 Å². The molecule has 1 heteroatoms. The van der Waals surface area contributed by atoms with Crippen molar-refractivity contribution in [1.82, 2.24) is 5.32 Å². The zero-order valence-corrected chi connectivity index (χ0v) is 13.7. The van der Waals surface area contributed by atoms with Crippen molar-refractivity contribution in [2.45, 2.75) is 96.9 Å². The topological polar surface area (TPSA) is 12.0 Å². The summed E-state index contributed by atoms with van der Waals surface area (Å²) in [5.41, 5.74) is 0. The van der Waals surface area contributed by atoms with E-state index >= 15 is 0 Å². The van der Waals surface area contributed by atoms with Crippen LogP contribution in [0, 0.1) is 11.8 Å². The highest BCUT2D eigenvalue weighted by Gasteiger charge is 2.25. The fraction of sp³-hybridized carbons (Fsp3) is 1.00. The molecule has 0 spiro atoms. The fourth-order valence-corrected chi connectivity index (χ4v) is 3.87. The van der Waals surface area contributed by atoms with Crippen molar-refractivity contribution in [3.8, 4) is 0 Å². The van der Waals surface area contributed by atoms with Gasteiger partial charge in [-0.3, -0.25) is 0 Å². The van der Waals surface area contributed by atoms with Crippen LogP contribution in [0.2, 0.25) is 0 Å². The maximum Gasteiger partial charge on any atom is 0.00923 e. The van der Waals surface area contributed by atoms with Crippen LogP contribution in [0.25, 0.3) is 0 Å². The van der Waals surface area contributed by atoms with E-state index in [1.54, 1.807) is 0 Å². The Morgan fingerprint density at radius 3 is 2.16 bits per heavy atom. The largest absolute Gasteiger partial charge is 0.317 e. The van der Waals surface area contributed by atoms with Gasteiger partial charge in [0.15, 0.2) is 0 Å². The molecule has 0 amide bonds. The Kier molecular flexibility index (Phi) is 9.59. The Labute approximate surface area is 121 Å². The molecule has 1 saturated carbocycles. The molecule has 0 saturated heterocycles. The van der Waals surface area contributed by atoms with E-state index in [0.717, 1.165) is 17.9 Å². The number of hydrogen-bond donors (Lipinski definition) is 1. The van der Waals surface area contributed by atoms with E-state index in [0.29, 0.717) is 0 Å². The lowest BCUT2D eigenvalue weighted by atomic mass is 9.76. The minimum atomic E-state index is 0.796. The van der Waals surface area contributed by atoms with Gasteiger partial charge in [0.25, 0.3) is 0 Å². The van der Waals surface area contributed by atoms with E-state index in [1.165, 1.54) is 77.0 Å². The standard InChI is InChI=1S/C18H37N/c1-4-6-7-8-9-11-18(19-3)17-14-12-16(10-5-2)13-15-17/h16-19H,4-15H2,1-3H3. The minimum Gasteiger partial charge on any atom is -0.317 e. The lowest BCUT2D eigenvalue weighted by molar-refractivity contribution is 0.210. The third-order valence-corrected chi connectivity index (χ3v) is 5.15. The van der Waals surface area contributed by atoms with Gasteiger partial charge in [-0.15, -0.1) is 0 Å². The van der Waals surface area contributed by atoms with Gasteiger partial charge in [-0.2, -0.15) is 0 Å². The third-order valence-electron chi connectivity index (χ3n) is 5.15. The second kappa shape index (κ2) is 10.7. The Bertz CT molecular complexity index is 194. The van der Waals surface area contributed by atoms with Gasteiger partial charge in [0.05, 0.1) is 0 Å². The van der Waals surface area contributed by atoms with E-state index in [9.17, 15) is 0 Å². The summed E-state index contributed by atoms with van der Waals surface area (Å²) in [6.07, 6.45) is 17.3. The van der Waals surface area contributed by atoms with Crippen molar-refractivity contribution < 1.29 is 0 Å². The molecule has 1 aliphatic rings. The highest BCUT2D eigenvalue weighted by Crippen LogP contribution is 2.34. The van der Waals surface area contributed by atoms with Crippen molar-refractivity contribution in [2.75, 3.05) is 7.05 Å². The summed E-state index contributed by atoms with van der Waals surface area (Å²) in [5, 5.41) is 3.61. The summed E-state index contributed by atoms with van der Waals surface area (Å²) in [7, 11) is 2.18. The Hall–Kier alpha value is -0.0400. The van der Waals surface area contributed by atoms with Gasteiger partial charge in [-0.25, -0.2) is 0 Å². The molecule has 1 nitrogen and oxygen atoms in total. The summed E-state index contributed by atoms with van der Waals surface area (Å²) in [6.45, 7) is 4.63. The Balaban J connectivity index is 2.16. The molecular weight excluding hydrogens is 230 g/mol. The predicted octanol–water partition coefficient (Wildman–Crippen LogP) is 5.54. The first-order valence-electron chi connectivity index (χ1n) is 8.99. The molecule has 0 aromatic rings. The summed E-state index contributed by atoms with van der Waals surface area (Å²) >= 11 is 0. The van der Waals surface area contributed by atoms with Crippen LogP contribution >= 0.6 is 0 Å². The first-order chi connectivity index (χ1) is 9.31. The Morgan fingerprint density at radius 1 is 0.895 bits per heavy atom. The van der Waals surface area contributed by atoms with Gasteiger partial charge in [0, 0.05) is 6.04 Å². The molecule has 1 atom stereocenters. The number of rotatable bonds is 10. The first-order valence-corrected chi connectivity index (χ1v) is 8.99. The second-order valence-electron chi connectivity index (χ2n) is 6.67. The van der Waals surface area contributed by atoms with Gasteiger partial charge < -0.3 is 5.32 Å². The zero-order valence-electron chi connectivity index (χ0n) is 13.7. The summed E-state index contributed by atoms with van der Waals surface area (Å²) < 4.78 is 0. The monoisotopic (exact) mass is 267 g/mol. The van der Waals surface area contributed by atoms with Crippen LogP contribution in [0.15, 0.2) is 0 Å². The molecule has 0 aliphatic heterocycles. The highest BCUT2D eigenvalue weighted by molar-refractivity contribution is 4.81. The van der Waals surface area contributed by atoms with Crippen LogP contribution in [-0.2, 0) is 0 Å². The number of hydrogen-bond acceptors (Lipinski definition) is 1. The zero-order chi connectivity index (χ0) is 13.9. The second-order valence-corrected chi connectivity index (χ2v) is 6.67. The molecule has 0 heterocycles. The molecule has 1 unspecified atom stereocenters. The molecule has 0 radical (unpaired) electrons. The molecule has 0 aromatic carbocycles. The minimum absolute atomic E-state index is 0.796. The summed E-state index contributed by atoms with van der Waals surface area (Å²) in [4.78, 5) is 0. The van der Waals surface area contributed by atoms with E-state index in [4.69, 9.17) is 0 Å². The number of unbranched alkanes of at least 4 members (excludes halogenated alkanes) is 4. The SMILES string of the molecule is CCCCCCCC(NC)C1CCC(CCC)CC1. The third kappa shape index (κ3) is 6.79. The van der Waals surface area contributed by atoms with E-state index < -0.39 is 0 Å². The highest BCUT2D eigenvalue weighted by atomic mass is 14.9. The molecule has 19 heavy (non-hydrogen) atoms. The number of nitrogens with one attached hydrogen (secondary N) is 1. The maximum absolute atomic E-state index is 3.61. The maximum atomic E-state index is 3.61. The quantitative estimate of drug-likeness (QED) is 0.512. The molecular formula is C18H37N. The average Bonchev–Trinajstić information content (AvgIpc) is 2.44. The van der Waals surface area contributed by atoms with Crippen molar-refractivity contribution in [1.29, 1.82) is 0 Å². The van der Waals surface area contributed by atoms with Gasteiger partial charge in [-0.1, -0.05) is 71.6 Å². The lowest BCUT2D eigenvalue weighted by Crippen LogP contribution is -2.35. The van der Waals surface area contributed by atoms with Crippen LogP contribution in [0.1, 0.15) is 90.9 Å². The molecule has 1 aliphatic carbocycles. The molecule has 0 bridgehead atoms. The fourth-order valence-electron chi connectivity index (χ4n) is 3.87. The molecule has 1 fully saturated rings. The normalized spacial score (nSPS) is 25.4. The average molecular weight is 268 g/mol. The van der Waals surface area contributed by atoms with Crippen LogP contribution < -0.4 is 5.32 Å². The van der Waals surface area contributed by atoms with Gasteiger partial charge in [-0.05, 0) is 38.1 Å². The van der Waals surface area contributed by atoms with Crippen molar-refractivity contribution in [2.24, 2.45) is 11.8 Å². The smallest absolute Gasteiger partial charge is 0.00923 e. The predicted molar refractivity (Wildman–Crippen MR) is 86.6 cm³/mol. The Morgan fingerprint density at radius 2 is 1.58 bits per heavy atom. The molecule has 114 valence electrons. The van der Waals surface area contributed by atoms with Gasteiger partial charge in [0.1, 0.15) is 0 Å². The van der Waals surface area contributed by atoms with Gasteiger partial charge >= 0.3 is 0 Å². The van der Waals surface area contributed by atoms with Crippen LogP contribution in [0.3, 0.4) is 0 Å². The van der Waals surface area contributed by atoms with Crippen LogP contribution in [0.5, 0.6) is 0 Å². The van der Waals surface area contributed by atoms with E-state index in [2.05, 4.69) is 26.2 Å².